The molecule has 2 nitrogen and oxygen atoms in total. The molecule has 1 aromatic carbocycles. The number of aromatic nitrogens is 2. The van der Waals surface area contributed by atoms with Crippen LogP contribution in [0.15, 0.2) is 18.2 Å². The fourth-order valence-electron chi connectivity index (χ4n) is 1.21. The summed E-state index contributed by atoms with van der Waals surface area (Å²) in [4.78, 5) is 0.983. The van der Waals surface area contributed by atoms with Gasteiger partial charge >= 0.3 is 0 Å². The first-order chi connectivity index (χ1) is 6.33. The first kappa shape index (κ1) is 8.72. The van der Waals surface area contributed by atoms with Crippen LogP contribution in [0.3, 0.4) is 0 Å². The predicted octanol–water partition coefficient (Wildman–Crippen LogP) is 2.82. The highest BCUT2D eigenvalue weighted by Gasteiger charge is 2.06. The number of hydrogen-bond donors (Lipinski definition) is 0. The van der Waals surface area contributed by atoms with Gasteiger partial charge in [-0.1, -0.05) is 35.8 Å². The number of thiocarbonyl (C=S) groups is 1. The second kappa shape index (κ2) is 3.47. The molecule has 0 aliphatic rings. The second-order valence-corrected chi connectivity index (χ2v) is 3.95. The molecule has 0 aliphatic carbocycles. The largest absolute Gasteiger partial charge is 0.138 e. The molecule has 4 heteroatoms. The molecule has 0 fully saturated rings. The quantitative estimate of drug-likeness (QED) is 0.560. The summed E-state index contributed by atoms with van der Waals surface area (Å²) in [5.74, 6) is 0. The third-order valence-electron chi connectivity index (χ3n) is 1.90. The van der Waals surface area contributed by atoms with Crippen LogP contribution in [0.2, 0.25) is 0 Å². The van der Waals surface area contributed by atoms with Crippen LogP contribution < -0.4 is 0 Å². The van der Waals surface area contributed by atoms with Crippen molar-refractivity contribution < 1.29 is 0 Å². The molecule has 2 aromatic rings. The molecular formula is C9H8N2S2. The first-order valence-electron chi connectivity index (χ1n) is 4.07. The molecule has 66 valence electrons. The third-order valence-corrected chi connectivity index (χ3v) is 3.18. The van der Waals surface area contributed by atoms with Crippen molar-refractivity contribution in [2.75, 3.05) is 0 Å². The molecule has 1 aromatic heterocycles. The smallest absolute Gasteiger partial charge is 0.106 e. The van der Waals surface area contributed by atoms with Gasteiger partial charge in [0.05, 0.1) is 4.70 Å². The van der Waals surface area contributed by atoms with Gasteiger partial charge in [0.1, 0.15) is 5.52 Å². The minimum Gasteiger partial charge on any atom is -0.138 e. The Hall–Kier alpha value is -0.870. The van der Waals surface area contributed by atoms with Gasteiger partial charge in [-0.15, -0.1) is 5.10 Å². The third kappa shape index (κ3) is 1.47. The van der Waals surface area contributed by atoms with E-state index in [1.54, 1.807) is 0 Å². The van der Waals surface area contributed by atoms with Crippen molar-refractivity contribution in [3.05, 3.63) is 23.8 Å². The normalized spacial score (nSPS) is 10.5. The lowest BCUT2D eigenvalue weighted by molar-refractivity contribution is 1.20. The molecule has 1 heterocycles. The first-order valence-corrected chi connectivity index (χ1v) is 5.25. The van der Waals surface area contributed by atoms with Gasteiger partial charge < -0.3 is 0 Å². The Morgan fingerprint density at radius 2 is 2.38 bits per heavy atom. The van der Waals surface area contributed by atoms with E-state index in [1.165, 1.54) is 11.5 Å². The molecule has 0 spiro atoms. The summed E-state index contributed by atoms with van der Waals surface area (Å²) >= 11 is 6.68. The molecule has 0 radical (unpaired) electrons. The topological polar surface area (TPSA) is 25.8 Å². The average molecular weight is 208 g/mol. The minimum absolute atomic E-state index is 0.895. The van der Waals surface area contributed by atoms with E-state index in [-0.39, 0.29) is 0 Å². The van der Waals surface area contributed by atoms with Crippen LogP contribution in [0.4, 0.5) is 0 Å². The summed E-state index contributed by atoms with van der Waals surface area (Å²) in [5, 5.41) is 4.00. The highest BCUT2D eigenvalue weighted by atomic mass is 32.1. The van der Waals surface area contributed by atoms with Gasteiger partial charge in [-0.25, -0.2) is 0 Å². The summed E-state index contributed by atoms with van der Waals surface area (Å²) < 4.78 is 5.02. The van der Waals surface area contributed by atoms with E-state index in [9.17, 15) is 0 Å². The number of rotatable bonds is 2. The molecule has 0 saturated heterocycles. The Kier molecular flexibility index (Phi) is 2.33. The molecule has 2 rings (SSSR count). The summed E-state index contributed by atoms with van der Waals surface area (Å²) in [6.45, 7) is 2.07. The Balaban J connectivity index is 2.67. The number of hydrogen-bond acceptors (Lipinski definition) is 4. The van der Waals surface area contributed by atoms with Gasteiger partial charge in [0.25, 0.3) is 0 Å². The Bertz CT molecular complexity index is 448. The van der Waals surface area contributed by atoms with Gasteiger partial charge in [0.15, 0.2) is 0 Å². The number of benzene rings is 1. The van der Waals surface area contributed by atoms with E-state index >= 15 is 0 Å². The summed E-state index contributed by atoms with van der Waals surface area (Å²) in [5.41, 5.74) is 2.06. The number of fused-ring (bicyclic) bond motifs is 1. The average Bonchev–Trinajstić information content (AvgIpc) is 2.63. The predicted molar refractivity (Wildman–Crippen MR) is 59.4 cm³/mol. The van der Waals surface area contributed by atoms with Gasteiger partial charge in [-0.3, -0.25) is 0 Å². The lowest BCUT2D eigenvalue weighted by Crippen LogP contribution is -1.93. The van der Waals surface area contributed by atoms with E-state index in [0.717, 1.165) is 27.1 Å². The zero-order chi connectivity index (χ0) is 9.26. The Morgan fingerprint density at radius 1 is 1.54 bits per heavy atom. The Morgan fingerprint density at radius 3 is 3.15 bits per heavy atom. The van der Waals surface area contributed by atoms with Crippen molar-refractivity contribution >= 4 is 38.8 Å². The van der Waals surface area contributed by atoms with Crippen LogP contribution in [0.25, 0.3) is 10.2 Å². The van der Waals surface area contributed by atoms with Crippen LogP contribution in [0.5, 0.6) is 0 Å². The van der Waals surface area contributed by atoms with Crippen LogP contribution in [0, 0.1) is 0 Å². The molecule has 0 amide bonds. The lowest BCUT2D eigenvalue weighted by Gasteiger charge is -1.99. The molecule has 13 heavy (non-hydrogen) atoms. The van der Waals surface area contributed by atoms with Gasteiger partial charge in [0, 0.05) is 10.4 Å². The van der Waals surface area contributed by atoms with Gasteiger partial charge in [-0.05, 0) is 24.0 Å². The maximum atomic E-state index is 5.27. The van der Waals surface area contributed by atoms with Crippen LogP contribution >= 0.6 is 23.8 Å². The zero-order valence-corrected chi connectivity index (χ0v) is 8.78. The van der Waals surface area contributed by atoms with E-state index in [2.05, 4.69) is 16.5 Å². The van der Waals surface area contributed by atoms with Crippen LogP contribution in [-0.2, 0) is 0 Å². The molecule has 0 unspecified atom stereocenters. The van der Waals surface area contributed by atoms with E-state index in [0.29, 0.717) is 0 Å². The van der Waals surface area contributed by atoms with E-state index in [1.807, 2.05) is 18.2 Å². The van der Waals surface area contributed by atoms with E-state index in [4.69, 9.17) is 12.2 Å². The molecule has 0 bridgehead atoms. The highest BCUT2D eigenvalue weighted by molar-refractivity contribution is 7.80. The van der Waals surface area contributed by atoms with Gasteiger partial charge in [-0.2, -0.15) is 0 Å². The number of nitrogens with zero attached hydrogens (tertiary/aromatic N) is 2. The second-order valence-electron chi connectivity index (χ2n) is 2.70. The molecule has 0 aliphatic heterocycles. The van der Waals surface area contributed by atoms with Crippen LogP contribution in [-0.4, -0.2) is 14.5 Å². The lowest BCUT2D eigenvalue weighted by atomic mass is 10.1. The molecule has 0 N–H and O–H groups in total. The Labute approximate surface area is 85.8 Å². The fraction of sp³-hybridized carbons (Fsp3) is 0.222. The maximum absolute atomic E-state index is 5.27. The summed E-state index contributed by atoms with van der Waals surface area (Å²) in [6, 6.07) is 5.97. The minimum atomic E-state index is 0.895. The summed E-state index contributed by atoms with van der Waals surface area (Å²) in [6.07, 6.45) is 0.895. The highest BCUT2D eigenvalue weighted by Crippen LogP contribution is 2.21. The monoisotopic (exact) mass is 208 g/mol. The van der Waals surface area contributed by atoms with Crippen molar-refractivity contribution in [2.24, 2.45) is 0 Å². The van der Waals surface area contributed by atoms with Gasteiger partial charge in [0.2, 0.25) is 0 Å². The van der Waals surface area contributed by atoms with Crippen molar-refractivity contribution in [1.82, 2.24) is 9.59 Å². The molecule has 0 saturated carbocycles. The molecular weight excluding hydrogens is 200 g/mol. The van der Waals surface area contributed by atoms with Crippen molar-refractivity contribution in [3.8, 4) is 0 Å². The zero-order valence-electron chi connectivity index (χ0n) is 7.15. The SMILES string of the molecule is CCC(=S)c1cccc2nnsc12. The van der Waals surface area contributed by atoms with E-state index < -0.39 is 0 Å². The van der Waals surface area contributed by atoms with Crippen LogP contribution in [0.1, 0.15) is 18.9 Å². The van der Waals surface area contributed by atoms with Crippen molar-refractivity contribution in [1.29, 1.82) is 0 Å². The summed E-state index contributed by atoms with van der Waals surface area (Å²) in [7, 11) is 0. The maximum Gasteiger partial charge on any atom is 0.106 e. The standard InChI is InChI=1S/C9H8N2S2/c1-2-8(12)6-4-3-5-7-9(6)13-11-10-7/h3-5H,2H2,1H3. The van der Waals surface area contributed by atoms with Crippen molar-refractivity contribution in [2.45, 2.75) is 13.3 Å². The fourth-order valence-corrected chi connectivity index (χ4v) is 2.15. The van der Waals surface area contributed by atoms with Crippen molar-refractivity contribution in [3.63, 3.8) is 0 Å². The molecule has 0 atom stereocenters.